The van der Waals surface area contributed by atoms with Gasteiger partial charge >= 0.3 is 5.97 Å². The lowest BCUT2D eigenvalue weighted by atomic mass is 10.0. The van der Waals surface area contributed by atoms with Crippen molar-refractivity contribution in [1.82, 2.24) is 10.3 Å². The van der Waals surface area contributed by atoms with Gasteiger partial charge in [-0.2, -0.15) is 0 Å². The number of carboxylic acid groups (broad SMARTS) is 1. The second-order valence-electron chi connectivity index (χ2n) is 7.76. The Morgan fingerprint density at radius 1 is 1.03 bits per heavy atom. The molecule has 3 N–H and O–H groups in total. The van der Waals surface area contributed by atoms with Gasteiger partial charge in [-0.25, -0.2) is 0 Å². The van der Waals surface area contributed by atoms with Crippen molar-refractivity contribution in [3.63, 3.8) is 0 Å². The van der Waals surface area contributed by atoms with Crippen LogP contribution in [0.3, 0.4) is 0 Å². The third-order valence-electron chi connectivity index (χ3n) is 5.36. The predicted molar refractivity (Wildman–Crippen MR) is 122 cm³/mol. The van der Waals surface area contributed by atoms with Gasteiger partial charge < -0.3 is 20.1 Å². The molecule has 1 heterocycles. The van der Waals surface area contributed by atoms with E-state index in [1.807, 2.05) is 66.9 Å². The largest absolute Gasteiger partial charge is 0.489 e. The first-order chi connectivity index (χ1) is 15.1. The Labute approximate surface area is 181 Å². The first-order valence-corrected chi connectivity index (χ1v) is 10.4. The number of aromatic amines is 1. The summed E-state index contributed by atoms with van der Waals surface area (Å²) in [5, 5.41) is 13.9. The van der Waals surface area contributed by atoms with E-state index in [-0.39, 0.29) is 0 Å². The van der Waals surface area contributed by atoms with E-state index in [0.29, 0.717) is 19.6 Å². The van der Waals surface area contributed by atoms with Crippen LogP contribution < -0.4 is 10.1 Å². The number of aryl methyl sites for hydroxylation is 1. The number of aromatic nitrogens is 1. The van der Waals surface area contributed by atoms with Crippen LogP contribution in [-0.2, 0) is 24.4 Å². The first-order valence-electron chi connectivity index (χ1n) is 10.4. The molecule has 1 aromatic heterocycles. The predicted octanol–water partition coefficient (Wildman–Crippen LogP) is 4.84. The number of hydrogen-bond acceptors (Lipinski definition) is 3. The number of carboxylic acids is 1. The number of para-hydroxylation sites is 1. The summed E-state index contributed by atoms with van der Waals surface area (Å²) in [6.45, 7) is 3.05. The molecule has 0 aliphatic rings. The van der Waals surface area contributed by atoms with Gasteiger partial charge in [0.15, 0.2) is 0 Å². The van der Waals surface area contributed by atoms with Crippen LogP contribution in [0.4, 0.5) is 0 Å². The molecule has 0 saturated heterocycles. The average molecular weight is 415 g/mol. The van der Waals surface area contributed by atoms with Crippen LogP contribution in [0, 0.1) is 6.92 Å². The number of fused-ring (bicyclic) bond motifs is 1. The van der Waals surface area contributed by atoms with Gasteiger partial charge in [0.25, 0.3) is 0 Å². The fourth-order valence-corrected chi connectivity index (χ4v) is 3.68. The van der Waals surface area contributed by atoms with Gasteiger partial charge in [-0.3, -0.25) is 4.79 Å². The number of hydrogen-bond donors (Lipinski definition) is 3. The lowest BCUT2D eigenvalue weighted by Gasteiger charge is -2.15. The summed E-state index contributed by atoms with van der Waals surface area (Å²) in [5.41, 5.74) is 5.36. The second kappa shape index (κ2) is 9.49. The molecule has 0 fully saturated rings. The summed E-state index contributed by atoms with van der Waals surface area (Å²) in [7, 11) is 0. The summed E-state index contributed by atoms with van der Waals surface area (Å²) >= 11 is 0. The average Bonchev–Trinajstić information content (AvgIpc) is 3.19. The summed E-state index contributed by atoms with van der Waals surface area (Å²) in [6, 6.07) is 23.3. The van der Waals surface area contributed by atoms with Gasteiger partial charge in [0.2, 0.25) is 0 Å². The molecule has 0 radical (unpaired) electrons. The van der Waals surface area contributed by atoms with Gasteiger partial charge in [0, 0.05) is 30.1 Å². The molecule has 0 unspecified atom stereocenters. The van der Waals surface area contributed by atoms with Crippen molar-refractivity contribution in [3.05, 3.63) is 101 Å². The smallest absolute Gasteiger partial charge is 0.321 e. The number of benzene rings is 3. The van der Waals surface area contributed by atoms with Gasteiger partial charge in [-0.1, -0.05) is 60.2 Å². The second-order valence-corrected chi connectivity index (χ2v) is 7.76. The highest BCUT2D eigenvalue weighted by molar-refractivity contribution is 5.84. The monoisotopic (exact) mass is 414 g/mol. The molecule has 0 aliphatic heterocycles. The van der Waals surface area contributed by atoms with Crippen LogP contribution >= 0.6 is 0 Å². The number of ether oxygens (including phenoxy) is 1. The molecule has 0 bridgehead atoms. The van der Waals surface area contributed by atoms with Crippen LogP contribution in [0.25, 0.3) is 10.9 Å². The van der Waals surface area contributed by atoms with E-state index in [0.717, 1.165) is 33.3 Å². The highest BCUT2D eigenvalue weighted by Crippen LogP contribution is 2.20. The van der Waals surface area contributed by atoms with Gasteiger partial charge in [0.05, 0.1) is 0 Å². The Bertz CT molecular complexity index is 1160. The fourth-order valence-electron chi connectivity index (χ4n) is 3.68. The lowest BCUT2D eigenvalue weighted by Crippen LogP contribution is -2.38. The van der Waals surface area contributed by atoms with E-state index < -0.39 is 12.0 Å². The molecule has 0 spiro atoms. The standard InChI is InChI=1S/C26H26N2O3/c1-18-5-4-6-20(13-18)17-31-22-11-9-19(10-12-22)15-27-25(26(29)30)14-21-16-28-24-8-3-2-7-23(21)24/h2-13,16,25,27-28H,14-15,17H2,1H3,(H,29,30)/t25-/m0/s1. The van der Waals surface area contributed by atoms with E-state index in [2.05, 4.69) is 29.4 Å². The highest BCUT2D eigenvalue weighted by atomic mass is 16.5. The van der Waals surface area contributed by atoms with Crippen molar-refractivity contribution < 1.29 is 14.6 Å². The molecular weight excluding hydrogens is 388 g/mol. The molecule has 1 atom stereocenters. The quantitative estimate of drug-likeness (QED) is 0.366. The van der Waals surface area contributed by atoms with E-state index in [9.17, 15) is 9.90 Å². The van der Waals surface area contributed by atoms with E-state index in [1.54, 1.807) is 0 Å². The summed E-state index contributed by atoms with van der Waals surface area (Å²) < 4.78 is 5.86. The summed E-state index contributed by atoms with van der Waals surface area (Å²) in [4.78, 5) is 15.0. The molecule has 5 nitrogen and oxygen atoms in total. The Hall–Kier alpha value is -3.57. The van der Waals surface area contributed by atoms with Crippen molar-refractivity contribution in [1.29, 1.82) is 0 Å². The number of H-pyrrole nitrogens is 1. The zero-order valence-corrected chi connectivity index (χ0v) is 17.5. The SMILES string of the molecule is Cc1cccc(COc2ccc(CN[C@@H](Cc3c[nH]c4ccccc34)C(=O)O)cc2)c1. The maximum atomic E-state index is 11.8. The summed E-state index contributed by atoms with van der Waals surface area (Å²) in [6.07, 6.45) is 2.31. The lowest BCUT2D eigenvalue weighted by molar-refractivity contribution is -0.139. The zero-order chi connectivity index (χ0) is 21.6. The topological polar surface area (TPSA) is 74.3 Å². The highest BCUT2D eigenvalue weighted by Gasteiger charge is 2.19. The zero-order valence-electron chi connectivity index (χ0n) is 17.5. The van der Waals surface area contributed by atoms with E-state index in [4.69, 9.17) is 4.74 Å². The van der Waals surface area contributed by atoms with Crippen LogP contribution in [0.15, 0.2) is 79.0 Å². The first kappa shape index (κ1) is 20.7. The third-order valence-corrected chi connectivity index (χ3v) is 5.36. The Kier molecular flexibility index (Phi) is 6.34. The van der Waals surface area contributed by atoms with Crippen LogP contribution in [0.1, 0.15) is 22.3 Å². The molecule has 3 aromatic carbocycles. The van der Waals surface area contributed by atoms with E-state index in [1.165, 1.54) is 5.56 Å². The van der Waals surface area contributed by atoms with Gasteiger partial charge in [0.1, 0.15) is 18.4 Å². The van der Waals surface area contributed by atoms with Crippen LogP contribution in [0.2, 0.25) is 0 Å². The normalized spacial score (nSPS) is 12.0. The Morgan fingerprint density at radius 3 is 2.61 bits per heavy atom. The van der Waals surface area contributed by atoms with Crippen LogP contribution in [-0.4, -0.2) is 22.1 Å². The van der Waals surface area contributed by atoms with Crippen molar-refractivity contribution in [3.8, 4) is 5.75 Å². The fraction of sp³-hybridized carbons (Fsp3) is 0.192. The molecule has 0 amide bonds. The third kappa shape index (κ3) is 5.32. The maximum Gasteiger partial charge on any atom is 0.321 e. The number of carbonyl (C=O) groups is 1. The molecule has 4 rings (SSSR count). The number of rotatable bonds is 9. The molecular formula is C26H26N2O3. The molecule has 0 saturated carbocycles. The van der Waals surface area contributed by atoms with Crippen molar-refractivity contribution in [2.24, 2.45) is 0 Å². The van der Waals surface area contributed by atoms with E-state index >= 15 is 0 Å². The molecule has 4 aromatic rings. The number of aliphatic carboxylic acids is 1. The Morgan fingerprint density at radius 2 is 1.84 bits per heavy atom. The van der Waals surface area contributed by atoms with Crippen molar-refractivity contribution >= 4 is 16.9 Å². The molecule has 31 heavy (non-hydrogen) atoms. The van der Waals surface area contributed by atoms with Crippen LogP contribution in [0.5, 0.6) is 5.75 Å². The minimum atomic E-state index is -0.858. The minimum absolute atomic E-state index is 0.414. The Balaban J connectivity index is 1.34. The molecule has 0 aliphatic carbocycles. The van der Waals surface area contributed by atoms with Crippen molar-refractivity contribution in [2.75, 3.05) is 0 Å². The van der Waals surface area contributed by atoms with Gasteiger partial charge in [-0.05, 0) is 41.8 Å². The molecule has 5 heteroatoms. The molecule has 158 valence electrons. The van der Waals surface area contributed by atoms with Gasteiger partial charge in [-0.15, -0.1) is 0 Å². The summed E-state index contributed by atoms with van der Waals surface area (Å²) in [5.74, 6) is -0.0674. The minimum Gasteiger partial charge on any atom is -0.489 e. The maximum absolute atomic E-state index is 11.8. The van der Waals surface area contributed by atoms with Crippen molar-refractivity contribution in [2.45, 2.75) is 32.5 Å². The number of nitrogens with one attached hydrogen (secondary N) is 2.